The van der Waals surface area contributed by atoms with E-state index in [1.165, 1.54) is 111 Å². The van der Waals surface area contributed by atoms with Crippen molar-refractivity contribution in [1.82, 2.24) is 15.0 Å². The molecule has 0 aliphatic heterocycles. The van der Waals surface area contributed by atoms with Crippen LogP contribution < -0.4 is 9.80 Å². The second-order valence-corrected chi connectivity index (χ2v) is 27.0. The van der Waals surface area contributed by atoms with Crippen molar-refractivity contribution in [3.05, 3.63) is 378 Å². The summed E-state index contributed by atoms with van der Waals surface area (Å²) in [5, 5.41) is 2.55. The molecule has 0 bridgehead atoms. The molecule has 5 heteroatoms. The maximum absolute atomic E-state index is 5.06. The zero-order chi connectivity index (χ0) is 65.0. The molecule has 0 saturated heterocycles. The highest BCUT2D eigenvalue weighted by Gasteiger charge is 2.52. The van der Waals surface area contributed by atoms with Crippen LogP contribution in [0.4, 0.5) is 34.1 Å². The van der Waals surface area contributed by atoms with Crippen LogP contribution in [0.3, 0.4) is 0 Å². The zero-order valence-electron chi connectivity index (χ0n) is 54.5. The lowest BCUT2D eigenvalue weighted by atomic mass is 9.70. The first kappa shape index (κ1) is 57.6. The predicted molar refractivity (Wildman–Crippen MR) is 401 cm³/mol. The molecule has 0 fully saturated rings. The van der Waals surface area contributed by atoms with Gasteiger partial charge in [-0.05, 0) is 179 Å². The number of rotatable bonds is 9. The lowest BCUT2D eigenvalue weighted by molar-refractivity contribution is 0.652. The van der Waals surface area contributed by atoms with Gasteiger partial charge in [-0.25, -0.2) is 15.0 Å². The van der Waals surface area contributed by atoms with Gasteiger partial charge in [0.25, 0.3) is 0 Å². The van der Waals surface area contributed by atoms with Gasteiger partial charge >= 0.3 is 0 Å². The summed E-state index contributed by atoms with van der Waals surface area (Å²) in [6.45, 7) is 9.64. The van der Waals surface area contributed by atoms with Crippen molar-refractivity contribution < 1.29 is 0 Å². The normalized spacial score (nSPS) is 13.8. The second kappa shape index (κ2) is 22.6. The van der Waals surface area contributed by atoms with E-state index in [4.69, 9.17) is 15.0 Å². The van der Waals surface area contributed by atoms with Crippen molar-refractivity contribution in [2.75, 3.05) is 9.80 Å². The number of fused-ring (bicyclic) bond motifs is 18. The van der Waals surface area contributed by atoms with Crippen molar-refractivity contribution in [2.45, 2.75) is 43.9 Å². The van der Waals surface area contributed by atoms with E-state index in [9.17, 15) is 0 Å². The molecule has 0 radical (unpaired) electrons. The Labute approximate surface area is 567 Å². The van der Waals surface area contributed by atoms with Gasteiger partial charge in [0, 0.05) is 61.3 Å². The second-order valence-electron chi connectivity index (χ2n) is 27.0. The van der Waals surface area contributed by atoms with Gasteiger partial charge in [-0.2, -0.15) is 0 Å². The van der Waals surface area contributed by atoms with Crippen LogP contribution in [0.5, 0.6) is 0 Å². The molecule has 4 aliphatic rings. The van der Waals surface area contributed by atoms with E-state index in [2.05, 4.69) is 335 Å². The molecule has 1 heterocycles. The van der Waals surface area contributed by atoms with Crippen LogP contribution in [0.1, 0.15) is 72.2 Å². The van der Waals surface area contributed by atoms with Gasteiger partial charge < -0.3 is 9.80 Å². The van der Waals surface area contributed by atoms with E-state index < -0.39 is 5.41 Å². The van der Waals surface area contributed by atoms with Crippen molar-refractivity contribution in [3.8, 4) is 78.7 Å². The average molecular weight is 1240 g/mol. The molecule has 19 rings (SSSR count). The number of para-hydroxylation sites is 4. The summed E-state index contributed by atoms with van der Waals surface area (Å²) in [7, 11) is 0. The molecule has 4 aliphatic carbocycles. The van der Waals surface area contributed by atoms with Crippen molar-refractivity contribution in [2.24, 2.45) is 0 Å². The number of hydrogen-bond donors (Lipinski definition) is 0. The maximum atomic E-state index is 5.06. The van der Waals surface area contributed by atoms with Gasteiger partial charge in [-0.3, -0.25) is 0 Å². The first-order chi connectivity index (χ1) is 47.6. The van der Waals surface area contributed by atoms with Crippen LogP contribution in [0.15, 0.2) is 334 Å². The number of aromatic nitrogens is 3. The summed E-state index contributed by atoms with van der Waals surface area (Å²) in [4.78, 5) is 19.8. The summed E-state index contributed by atoms with van der Waals surface area (Å²) in [5.41, 5.74) is 30.4. The minimum atomic E-state index is -0.410. The third-order valence-electron chi connectivity index (χ3n) is 20.9. The van der Waals surface area contributed by atoms with E-state index in [-0.39, 0.29) is 10.8 Å². The predicted octanol–water partition coefficient (Wildman–Crippen LogP) is 23.6. The van der Waals surface area contributed by atoms with Crippen LogP contribution in [0.2, 0.25) is 0 Å². The topological polar surface area (TPSA) is 45.2 Å². The van der Waals surface area contributed by atoms with Crippen molar-refractivity contribution >= 4 is 44.9 Å². The zero-order valence-corrected chi connectivity index (χ0v) is 54.5. The fraction of sp³-hybridized carbons (Fsp3) is 0.0761. The molecule has 14 aromatic carbocycles. The molecule has 97 heavy (non-hydrogen) atoms. The SMILES string of the molecule is CC1(C)c2cc(N(c3ccccc3)c3ccccc3)ccc2-c2cc3c(cc21)-c1c(cc(N(c2ccccc2)c2ccccc2)c2ccccc12)C3(C)C.c1ccc(-c2nc(-c3ccccc3)nc(-c3ccc4c(c3)C3(c5ccccc5-c5ccccc53)c3ccccc3-4)n2)cc1. The Balaban J connectivity index is 0.000000145. The van der Waals surface area contributed by atoms with Crippen LogP contribution >= 0.6 is 0 Å². The molecule has 1 spiro atoms. The number of anilines is 6. The Morgan fingerprint density at radius 1 is 0.227 bits per heavy atom. The highest BCUT2D eigenvalue weighted by atomic mass is 15.1. The van der Waals surface area contributed by atoms with Gasteiger partial charge in [0.05, 0.1) is 11.1 Å². The third-order valence-corrected chi connectivity index (χ3v) is 20.9. The molecule has 0 N–H and O–H groups in total. The molecular weight excluding hydrogens is 1180 g/mol. The molecular formula is C92H67N5. The first-order valence-electron chi connectivity index (χ1n) is 33.7. The number of nitrogens with zero attached hydrogens (tertiary/aromatic N) is 5. The van der Waals surface area contributed by atoms with Crippen LogP contribution in [-0.2, 0) is 16.2 Å². The smallest absolute Gasteiger partial charge is 0.164 e. The van der Waals surface area contributed by atoms with Gasteiger partial charge in [-0.1, -0.05) is 276 Å². The molecule has 5 nitrogen and oxygen atoms in total. The Kier molecular flexibility index (Phi) is 13.4. The summed E-state index contributed by atoms with van der Waals surface area (Å²) in [5.74, 6) is 2.00. The van der Waals surface area contributed by atoms with E-state index in [0.717, 1.165) is 39.4 Å². The van der Waals surface area contributed by atoms with Crippen LogP contribution in [0, 0.1) is 0 Å². The number of benzene rings is 14. The minimum Gasteiger partial charge on any atom is -0.310 e. The van der Waals surface area contributed by atoms with E-state index >= 15 is 0 Å². The highest BCUT2D eigenvalue weighted by molar-refractivity contribution is 6.11. The molecule has 0 unspecified atom stereocenters. The Morgan fingerprint density at radius 2 is 0.588 bits per heavy atom. The monoisotopic (exact) mass is 1240 g/mol. The van der Waals surface area contributed by atoms with E-state index in [1.54, 1.807) is 0 Å². The lowest BCUT2D eigenvalue weighted by Gasteiger charge is -2.30. The number of hydrogen-bond acceptors (Lipinski definition) is 5. The van der Waals surface area contributed by atoms with Gasteiger partial charge in [0.1, 0.15) is 0 Å². The molecule has 0 amide bonds. The first-order valence-corrected chi connectivity index (χ1v) is 33.7. The maximum Gasteiger partial charge on any atom is 0.164 e. The molecule has 460 valence electrons. The van der Waals surface area contributed by atoms with E-state index in [1.807, 2.05) is 36.4 Å². The minimum absolute atomic E-state index is 0.186. The average Bonchev–Trinajstić information content (AvgIpc) is 1.52. The van der Waals surface area contributed by atoms with Crippen molar-refractivity contribution in [1.29, 1.82) is 0 Å². The van der Waals surface area contributed by atoms with Crippen molar-refractivity contribution in [3.63, 3.8) is 0 Å². The Hall–Kier alpha value is -12.1. The van der Waals surface area contributed by atoms with Crippen LogP contribution in [-0.4, -0.2) is 15.0 Å². The molecule has 1 aromatic heterocycles. The summed E-state index contributed by atoms with van der Waals surface area (Å²) < 4.78 is 0. The van der Waals surface area contributed by atoms with E-state index in [0.29, 0.717) is 17.5 Å². The largest absolute Gasteiger partial charge is 0.310 e. The van der Waals surface area contributed by atoms with Gasteiger partial charge in [-0.15, -0.1) is 0 Å². The summed E-state index contributed by atoms with van der Waals surface area (Å²) in [6, 6.07) is 120. The third kappa shape index (κ3) is 9.02. The molecule has 15 aromatic rings. The Bertz CT molecular complexity index is 5370. The van der Waals surface area contributed by atoms with Gasteiger partial charge in [0.2, 0.25) is 0 Å². The molecule has 0 saturated carbocycles. The van der Waals surface area contributed by atoms with Crippen LogP contribution in [0.25, 0.3) is 89.4 Å². The van der Waals surface area contributed by atoms with Gasteiger partial charge in [0.15, 0.2) is 17.5 Å². The lowest BCUT2D eigenvalue weighted by Crippen LogP contribution is -2.25. The fourth-order valence-corrected chi connectivity index (χ4v) is 16.5. The summed E-state index contributed by atoms with van der Waals surface area (Å²) in [6.07, 6.45) is 0. The standard InChI is InChI=1S/C52H42N2.C40H25N3/c1-51(2)45-31-39(53(35-19-9-5-10-20-35)36-21-11-6-12-22-36)29-30-40(45)43-32-47-44(33-46(43)51)50-42-28-18-17-27-41(42)49(34-48(50)52(47,3)4)54(37-23-13-7-14-24-37)38-25-15-8-16-26-38;1-3-13-26(14-4-1)37-41-38(27-15-5-2-6-16-27)43-39(42-37)28-23-24-32-31-19-9-12-22-35(31)40(36(32)25-28)33-20-10-7-17-29(33)30-18-8-11-21-34(30)40/h5-34H,1-4H3;1-25H. The summed E-state index contributed by atoms with van der Waals surface area (Å²) >= 11 is 0. The fourth-order valence-electron chi connectivity index (χ4n) is 16.5. The molecule has 0 atom stereocenters. The Morgan fingerprint density at radius 3 is 1.09 bits per heavy atom. The highest BCUT2D eigenvalue weighted by Crippen LogP contribution is 2.64. The quantitative estimate of drug-likeness (QED) is 0.144.